The van der Waals surface area contributed by atoms with Crippen LogP contribution in [0.2, 0.25) is 0 Å². The van der Waals surface area contributed by atoms with Crippen molar-refractivity contribution in [1.29, 1.82) is 5.26 Å². The first-order valence-corrected chi connectivity index (χ1v) is 11.8. The zero-order valence-electron chi connectivity index (χ0n) is 18.0. The Morgan fingerprint density at radius 1 is 1.18 bits per heavy atom. The van der Waals surface area contributed by atoms with Gasteiger partial charge in [-0.2, -0.15) is 5.26 Å². The van der Waals surface area contributed by atoms with E-state index in [0.717, 1.165) is 23.1 Å². The molecule has 0 aromatic carbocycles. The van der Waals surface area contributed by atoms with Gasteiger partial charge in [0.1, 0.15) is 21.6 Å². The molecule has 0 bridgehead atoms. The number of hydrogen-bond acceptors (Lipinski definition) is 11. The minimum atomic E-state index is -0.530. The molecule has 4 aromatic heterocycles. The first kappa shape index (κ1) is 23.2. The minimum absolute atomic E-state index is 0.0457. The highest BCUT2D eigenvalue weighted by molar-refractivity contribution is 7.99. The molecule has 0 aliphatic carbocycles. The molecule has 0 fully saturated rings. The van der Waals surface area contributed by atoms with Crippen molar-refractivity contribution in [2.24, 2.45) is 0 Å². The normalized spacial score (nSPS) is 10.6. The second-order valence-corrected chi connectivity index (χ2v) is 8.64. The van der Waals surface area contributed by atoms with Crippen LogP contribution in [0.5, 0.6) is 0 Å². The van der Waals surface area contributed by atoms with Crippen molar-refractivity contribution in [1.82, 2.24) is 15.2 Å². The molecular weight excluding hydrogens is 478 g/mol. The summed E-state index contributed by atoms with van der Waals surface area (Å²) in [4.78, 5) is 29.5. The maximum Gasteiger partial charge on any atom is 0.348 e. The van der Waals surface area contributed by atoms with Gasteiger partial charge in [-0.25, -0.2) is 9.78 Å². The van der Waals surface area contributed by atoms with E-state index in [0.29, 0.717) is 28.5 Å². The fourth-order valence-electron chi connectivity index (χ4n) is 2.96. The van der Waals surface area contributed by atoms with Gasteiger partial charge in [-0.3, -0.25) is 4.79 Å². The predicted molar refractivity (Wildman–Crippen MR) is 124 cm³/mol. The monoisotopic (exact) mass is 495 g/mol. The van der Waals surface area contributed by atoms with E-state index in [-0.39, 0.29) is 33.0 Å². The summed E-state index contributed by atoms with van der Waals surface area (Å²) in [5.41, 5.74) is 1.54. The van der Waals surface area contributed by atoms with Crippen molar-refractivity contribution < 1.29 is 23.2 Å². The molecule has 4 heterocycles. The highest BCUT2D eigenvalue weighted by Gasteiger charge is 2.23. The molecule has 0 spiro atoms. The summed E-state index contributed by atoms with van der Waals surface area (Å²) in [5.74, 6) is -0.00739. The van der Waals surface area contributed by atoms with Crippen LogP contribution in [-0.4, -0.2) is 39.4 Å². The molecule has 34 heavy (non-hydrogen) atoms. The number of nitrogens with zero attached hydrogens (tertiary/aromatic N) is 4. The van der Waals surface area contributed by atoms with Crippen LogP contribution < -0.4 is 5.32 Å². The Kier molecular flexibility index (Phi) is 7.05. The van der Waals surface area contributed by atoms with Crippen molar-refractivity contribution in [3.05, 3.63) is 52.8 Å². The maximum absolute atomic E-state index is 12.6. The molecule has 0 aliphatic heterocycles. The fraction of sp³-hybridized carbons (Fsp3) is 0.182. The Balaban J connectivity index is 1.50. The van der Waals surface area contributed by atoms with E-state index in [1.165, 1.54) is 12.5 Å². The fourth-order valence-corrected chi connectivity index (χ4v) is 4.61. The van der Waals surface area contributed by atoms with Crippen molar-refractivity contribution in [2.75, 3.05) is 17.7 Å². The van der Waals surface area contributed by atoms with Crippen molar-refractivity contribution >= 4 is 40.0 Å². The molecular formula is C22H17N5O5S2. The van der Waals surface area contributed by atoms with Crippen LogP contribution in [0, 0.1) is 18.3 Å². The lowest BCUT2D eigenvalue weighted by Crippen LogP contribution is -2.14. The number of carbonyl (C=O) groups is 2. The van der Waals surface area contributed by atoms with Gasteiger partial charge in [0, 0.05) is 0 Å². The second-order valence-electron chi connectivity index (χ2n) is 6.68. The van der Waals surface area contributed by atoms with Crippen molar-refractivity contribution in [2.45, 2.75) is 19.0 Å². The average Bonchev–Trinajstić information content (AvgIpc) is 3.60. The molecule has 0 saturated carbocycles. The Hall–Kier alpha value is -3.95. The van der Waals surface area contributed by atoms with E-state index in [1.807, 2.05) is 6.07 Å². The molecule has 0 atom stereocenters. The number of rotatable bonds is 8. The SMILES string of the molecule is CCOC(=O)c1sc(NC(=O)CSc2nnc(-c3ccco3)c(-c3ccco3)n2)c(C#N)c1C. The molecule has 172 valence electrons. The summed E-state index contributed by atoms with van der Waals surface area (Å²) in [6, 6.07) is 8.96. The van der Waals surface area contributed by atoms with Crippen LogP contribution >= 0.6 is 23.1 Å². The van der Waals surface area contributed by atoms with Crippen LogP contribution in [0.15, 0.2) is 50.8 Å². The number of nitrogens with one attached hydrogen (secondary N) is 1. The van der Waals surface area contributed by atoms with Gasteiger partial charge in [-0.1, -0.05) is 11.8 Å². The van der Waals surface area contributed by atoms with Crippen molar-refractivity contribution in [3.63, 3.8) is 0 Å². The molecule has 0 unspecified atom stereocenters. The summed E-state index contributed by atoms with van der Waals surface area (Å²) in [6.07, 6.45) is 3.04. The van der Waals surface area contributed by atoms with Gasteiger partial charge >= 0.3 is 5.97 Å². The van der Waals surface area contributed by atoms with E-state index in [9.17, 15) is 14.9 Å². The Bertz CT molecular complexity index is 1360. The van der Waals surface area contributed by atoms with Gasteiger partial charge in [0.05, 0.1) is 30.4 Å². The number of thiophene rings is 1. The van der Waals surface area contributed by atoms with Gasteiger partial charge in [-0.05, 0) is 43.7 Å². The van der Waals surface area contributed by atoms with Crippen LogP contribution in [0.1, 0.15) is 27.7 Å². The van der Waals surface area contributed by atoms with Gasteiger partial charge < -0.3 is 18.9 Å². The third-order valence-corrected chi connectivity index (χ3v) is 6.51. The summed E-state index contributed by atoms with van der Waals surface area (Å²) in [7, 11) is 0. The number of carbonyl (C=O) groups excluding carboxylic acids is 2. The number of anilines is 1. The third kappa shape index (κ3) is 4.85. The van der Waals surface area contributed by atoms with E-state index < -0.39 is 11.9 Å². The van der Waals surface area contributed by atoms with Crippen LogP contribution in [0.25, 0.3) is 22.9 Å². The summed E-state index contributed by atoms with van der Waals surface area (Å²) in [5, 5.41) is 21.0. The number of nitriles is 1. The summed E-state index contributed by atoms with van der Waals surface area (Å²) >= 11 is 2.07. The minimum Gasteiger partial charge on any atom is -0.463 e. The zero-order chi connectivity index (χ0) is 24.1. The predicted octanol–water partition coefficient (Wildman–Crippen LogP) is 4.54. The topological polar surface area (TPSA) is 144 Å². The zero-order valence-corrected chi connectivity index (χ0v) is 19.7. The number of furan rings is 2. The molecule has 0 aliphatic rings. The van der Waals surface area contributed by atoms with E-state index >= 15 is 0 Å². The summed E-state index contributed by atoms with van der Waals surface area (Å²) in [6.45, 7) is 3.55. The number of aromatic nitrogens is 3. The van der Waals surface area contributed by atoms with E-state index in [4.69, 9.17) is 13.6 Å². The summed E-state index contributed by atoms with van der Waals surface area (Å²) < 4.78 is 15.9. The number of ether oxygens (including phenoxy) is 1. The molecule has 1 N–H and O–H groups in total. The standard InChI is InChI=1S/C22H17N5O5S2/c1-3-30-21(29)19-12(2)13(10-23)20(34-19)24-16(28)11-33-22-25-17(14-6-4-8-31-14)18(26-27-22)15-7-5-9-32-15/h4-9H,3,11H2,1-2H3,(H,24,28). The molecule has 0 radical (unpaired) electrons. The van der Waals surface area contributed by atoms with Gasteiger partial charge in [0.15, 0.2) is 17.2 Å². The lowest BCUT2D eigenvalue weighted by Gasteiger charge is -2.06. The first-order chi connectivity index (χ1) is 16.5. The van der Waals surface area contributed by atoms with Gasteiger partial charge in [0.25, 0.3) is 0 Å². The molecule has 1 amide bonds. The smallest absolute Gasteiger partial charge is 0.348 e. The Labute approximate surface area is 202 Å². The Morgan fingerprint density at radius 2 is 1.88 bits per heavy atom. The van der Waals surface area contributed by atoms with Gasteiger partial charge in [0.2, 0.25) is 11.1 Å². The first-order valence-electron chi connectivity index (χ1n) is 9.97. The van der Waals surface area contributed by atoms with E-state index in [1.54, 1.807) is 38.1 Å². The van der Waals surface area contributed by atoms with Gasteiger partial charge in [-0.15, -0.1) is 21.5 Å². The van der Waals surface area contributed by atoms with Crippen LogP contribution in [-0.2, 0) is 9.53 Å². The molecule has 12 heteroatoms. The average molecular weight is 496 g/mol. The third-order valence-electron chi connectivity index (χ3n) is 4.48. The molecule has 4 aromatic rings. The number of amides is 1. The Morgan fingerprint density at radius 3 is 2.50 bits per heavy atom. The molecule has 10 nitrogen and oxygen atoms in total. The molecule has 0 saturated heterocycles. The lowest BCUT2D eigenvalue weighted by molar-refractivity contribution is -0.113. The maximum atomic E-state index is 12.6. The number of thioether (sulfide) groups is 1. The molecule has 4 rings (SSSR count). The van der Waals surface area contributed by atoms with Crippen LogP contribution in [0.3, 0.4) is 0 Å². The highest BCUT2D eigenvalue weighted by Crippen LogP contribution is 2.34. The van der Waals surface area contributed by atoms with Crippen molar-refractivity contribution in [3.8, 4) is 29.0 Å². The second kappa shape index (κ2) is 10.3. The van der Waals surface area contributed by atoms with Crippen LogP contribution in [0.4, 0.5) is 5.00 Å². The largest absolute Gasteiger partial charge is 0.463 e. The lowest BCUT2D eigenvalue weighted by atomic mass is 10.2. The number of esters is 1. The van der Waals surface area contributed by atoms with E-state index in [2.05, 4.69) is 20.5 Å². The quantitative estimate of drug-likeness (QED) is 0.273. The number of hydrogen-bond donors (Lipinski definition) is 1. The highest BCUT2D eigenvalue weighted by atomic mass is 32.2.